The molecule has 1 unspecified atom stereocenters. The van der Waals surface area contributed by atoms with Crippen molar-refractivity contribution in [1.82, 2.24) is 4.57 Å². The van der Waals surface area contributed by atoms with Gasteiger partial charge in [-0.2, -0.15) is 0 Å². The SMILES string of the molecule is Cc1ccc(C2=Nc3c(c(-c4ccc(C)cc4)c(C4CC4)n3CCCCCCC(=O)O)N(c3ccc(C)cc3)C2c2ccc(C)cc2)cc1. The Kier molecular flexibility index (Phi) is 9.27. The molecule has 0 bridgehead atoms. The lowest BCUT2D eigenvalue weighted by molar-refractivity contribution is -0.137. The number of aliphatic carboxylic acids is 1. The molecule has 1 saturated carbocycles. The van der Waals surface area contributed by atoms with E-state index < -0.39 is 5.97 Å². The van der Waals surface area contributed by atoms with Crippen molar-refractivity contribution in [3.8, 4) is 11.1 Å². The molecule has 250 valence electrons. The number of aliphatic imine (C=N–C) groups is 1. The van der Waals surface area contributed by atoms with Crippen LogP contribution in [-0.4, -0.2) is 21.4 Å². The molecule has 5 aromatic rings. The number of fused-ring (bicyclic) bond motifs is 1. The van der Waals surface area contributed by atoms with Crippen LogP contribution >= 0.6 is 0 Å². The number of hydrogen-bond donors (Lipinski definition) is 1. The van der Waals surface area contributed by atoms with Crippen molar-refractivity contribution in [3.63, 3.8) is 0 Å². The summed E-state index contributed by atoms with van der Waals surface area (Å²) >= 11 is 0. The number of rotatable bonds is 12. The van der Waals surface area contributed by atoms with E-state index in [9.17, 15) is 9.90 Å². The van der Waals surface area contributed by atoms with E-state index in [1.165, 1.54) is 63.2 Å². The van der Waals surface area contributed by atoms with Gasteiger partial charge in [0.15, 0.2) is 5.82 Å². The van der Waals surface area contributed by atoms with Crippen molar-refractivity contribution in [2.24, 2.45) is 4.99 Å². The maximum absolute atomic E-state index is 11.2. The molecule has 5 nitrogen and oxygen atoms in total. The van der Waals surface area contributed by atoms with Gasteiger partial charge in [-0.05, 0) is 82.2 Å². The van der Waals surface area contributed by atoms with Crippen molar-refractivity contribution >= 4 is 28.9 Å². The van der Waals surface area contributed by atoms with E-state index in [-0.39, 0.29) is 12.5 Å². The Morgan fingerprint density at radius 2 is 1.22 bits per heavy atom. The highest BCUT2D eigenvalue weighted by Crippen LogP contribution is 2.58. The van der Waals surface area contributed by atoms with Gasteiger partial charge in [0.2, 0.25) is 0 Å². The summed E-state index contributed by atoms with van der Waals surface area (Å²) in [5.41, 5.74) is 14.6. The molecule has 4 aromatic carbocycles. The van der Waals surface area contributed by atoms with Gasteiger partial charge in [0.25, 0.3) is 0 Å². The second-order valence-corrected chi connectivity index (χ2v) is 14.2. The van der Waals surface area contributed by atoms with E-state index in [4.69, 9.17) is 4.99 Å². The average molecular weight is 650 g/mol. The van der Waals surface area contributed by atoms with Gasteiger partial charge in [0, 0.05) is 35.8 Å². The smallest absolute Gasteiger partial charge is 0.303 e. The Hall–Kier alpha value is -4.90. The lowest BCUT2D eigenvalue weighted by Gasteiger charge is -2.39. The summed E-state index contributed by atoms with van der Waals surface area (Å²) in [6.45, 7) is 9.44. The van der Waals surface area contributed by atoms with Crippen LogP contribution in [0.15, 0.2) is 102 Å². The van der Waals surface area contributed by atoms with Gasteiger partial charge in [-0.3, -0.25) is 4.79 Å². The topological polar surface area (TPSA) is 57.8 Å². The number of carbonyl (C=O) groups is 1. The predicted octanol–water partition coefficient (Wildman–Crippen LogP) is 11.3. The molecule has 0 radical (unpaired) electrons. The van der Waals surface area contributed by atoms with Crippen LogP contribution in [0.3, 0.4) is 0 Å². The molecule has 49 heavy (non-hydrogen) atoms. The molecule has 1 atom stereocenters. The van der Waals surface area contributed by atoms with Crippen molar-refractivity contribution in [3.05, 3.63) is 136 Å². The van der Waals surface area contributed by atoms with Crippen molar-refractivity contribution in [2.75, 3.05) is 4.90 Å². The molecule has 7 rings (SSSR count). The summed E-state index contributed by atoms with van der Waals surface area (Å²) in [7, 11) is 0. The number of nitrogens with zero attached hydrogens (tertiary/aromatic N) is 3. The zero-order valence-corrected chi connectivity index (χ0v) is 29.2. The van der Waals surface area contributed by atoms with Gasteiger partial charge in [-0.25, -0.2) is 4.99 Å². The summed E-state index contributed by atoms with van der Waals surface area (Å²) in [5.74, 6) is 0.808. The molecule has 0 spiro atoms. The Bertz CT molecular complexity index is 1960. The first-order valence-corrected chi connectivity index (χ1v) is 17.9. The minimum absolute atomic E-state index is 0.137. The van der Waals surface area contributed by atoms with Crippen LogP contribution in [0.2, 0.25) is 0 Å². The monoisotopic (exact) mass is 649 g/mol. The third-order valence-electron chi connectivity index (χ3n) is 10.1. The van der Waals surface area contributed by atoms with Crippen LogP contribution in [0.1, 0.15) is 96.0 Å². The lowest BCUT2D eigenvalue weighted by atomic mass is 9.90. The Balaban J connectivity index is 1.49. The van der Waals surface area contributed by atoms with E-state index in [0.29, 0.717) is 5.92 Å². The van der Waals surface area contributed by atoms with Gasteiger partial charge in [-0.15, -0.1) is 0 Å². The van der Waals surface area contributed by atoms with E-state index >= 15 is 0 Å². The largest absolute Gasteiger partial charge is 0.481 e. The molecule has 1 aliphatic heterocycles. The number of benzene rings is 4. The molecule has 1 N–H and O–H groups in total. The molecule has 5 heteroatoms. The number of carboxylic acid groups (broad SMARTS) is 1. The second kappa shape index (κ2) is 13.9. The predicted molar refractivity (Wildman–Crippen MR) is 202 cm³/mol. The van der Waals surface area contributed by atoms with Crippen LogP contribution in [-0.2, 0) is 11.3 Å². The molecule has 2 aliphatic rings. The molecule has 0 amide bonds. The number of anilines is 2. The fourth-order valence-corrected chi connectivity index (χ4v) is 7.28. The number of hydrogen-bond acceptors (Lipinski definition) is 3. The average Bonchev–Trinajstić information content (AvgIpc) is 3.89. The summed E-state index contributed by atoms with van der Waals surface area (Å²) < 4.78 is 2.54. The van der Waals surface area contributed by atoms with Gasteiger partial charge < -0.3 is 14.6 Å². The fraction of sp³-hybridized carbons (Fsp3) is 0.318. The molecule has 1 aromatic heterocycles. The normalized spacial score (nSPS) is 15.6. The quantitative estimate of drug-likeness (QED) is 0.137. The molecular formula is C44H47N3O2. The highest BCUT2D eigenvalue weighted by Gasteiger charge is 2.42. The lowest BCUT2D eigenvalue weighted by Crippen LogP contribution is -2.34. The van der Waals surface area contributed by atoms with Crippen LogP contribution in [0.4, 0.5) is 17.2 Å². The maximum Gasteiger partial charge on any atom is 0.303 e. The van der Waals surface area contributed by atoms with Gasteiger partial charge in [0.1, 0.15) is 6.04 Å². The van der Waals surface area contributed by atoms with Crippen LogP contribution in [0.25, 0.3) is 11.1 Å². The van der Waals surface area contributed by atoms with E-state index in [1.54, 1.807) is 0 Å². The molecule has 1 aliphatic carbocycles. The summed E-state index contributed by atoms with van der Waals surface area (Å²) in [5, 5.41) is 9.17. The zero-order chi connectivity index (χ0) is 34.1. The molecule has 0 saturated heterocycles. The van der Waals surface area contributed by atoms with Crippen LogP contribution in [0.5, 0.6) is 0 Å². The van der Waals surface area contributed by atoms with Crippen LogP contribution in [0, 0.1) is 27.7 Å². The minimum atomic E-state index is -0.712. The van der Waals surface area contributed by atoms with Crippen molar-refractivity contribution in [2.45, 2.75) is 91.1 Å². The number of aromatic nitrogens is 1. The minimum Gasteiger partial charge on any atom is -0.481 e. The third kappa shape index (κ3) is 6.85. The van der Waals surface area contributed by atoms with E-state index in [0.717, 1.165) is 55.0 Å². The van der Waals surface area contributed by atoms with Gasteiger partial charge >= 0.3 is 5.97 Å². The Morgan fingerprint density at radius 1 is 0.694 bits per heavy atom. The summed E-state index contributed by atoms with van der Waals surface area (Å²) in [4.78, 5) is 19.5. The third-order valence-corrected chi connectivity index (χ3v) is 10.1. The van der Waals surface area contributed by atoms with Gasteiger partial charge in [0.05, 0.1) is 11.4 Å². The number of unbranched alkanes of at least 4 members (excludes halogenated alkanes) is 3. The van der Waals surface area contributed by atoms with Crippen molar-refractivity contribution < 1.29 is 9.90 Å². The van der Waals surface area contributed by atoms with E-state index in [1.807, 2.05) is 0 Å². The Labute approximate surface area is 291 Å². The highest BCUT2D eigenvalue weighted by molar-refractivity contribution is 6.13. The fourth-order valence-electron chi connectivity index (χ4n) is 7.28. The first-order chi connectivity index (χ1) is 23.8. The molecule has 2 heterocycles. The zero-order valence-electron chi connectivity index (χ0n) is 29.2. The highest BCUT2D eigenvalue weighted by atomic mass is 16.4. The molecular weight excluding hydrogens is 603 g/mol. The summed E-state index contributed by atoms with van der Waals surface area (Å²) in [6, 6.07) is 35.7. The number of carboxylic acids is 1. The number of aryl methyl sites for hydroxylation is 4. The maximum atomic E-state index is 11.2. The first kappa shape index (κ1) is 32.6. The molecule has 1 fully saturated rings. The standard InChI is InChI=1S/C44H47N3O2/c1-29-10-18-33(19-11-29)39-41(35-24-25-35)46(28-8-6-5-7-9-38(48)49)44-43(39)47(37-26-16-32(4)17-27-37)42(36-22-14-31(3)15-23-36)40(45-44)34-20-12-30(2)13-21-34/h10-23,26-27,35,42H,5-9,24-25,28H2,1-4H3,(H,48,49). The van der Waals surface area contributed by atoms with Crippen LogP contribution < -0.4 is 4.90 Å². The second-order valence-electron chi connectivity index (χ2n) is 14.2. The summed E-state index contributed by atoms with van der Waals surface area (Å²) in [6.07, 6.45) is 6.21. The van der Waals surface area contributed by atoms with Gasteiger partial charge in [-0.1, -0.05) is 120 Å². The van der Waals surface area contributed by atoms with E-state index in [2.05, 4.69) is 134 Å². The van der Waals surface area contributed by atoms with Crippen molar-refractivity contribution in [1.29, 1.82) is 0 Å². The Morgan fingerprint density at radius 3 is 1.80 bits per heavy atom. The first-order valence-electron chi connectivity index (χ1n) is 17.9.